The van der Waals surface area contributed by atoms with Crippen LogP contribution in [-0.2, 0) is 0 Å². The number of hydrogen-bond acceptors (Lipinski definition) is 1. The Morgan fingerprint density at radius 2 is 1.59 bits per heavy atom. The summed E-state index contributed by atoms with van der Waals surface area (Å²) >= 11 is 8.59. The fourth-order valence-corrected chi connectivity index (χ4v) is 4.37. The third kappa shape index (κ3) is 1.63. The minimum absolute atomic E-state index is 0.311. The van der Waals surface area contributed by atoms with Gasteiger partial charge in [-0.25, -0.2) is 0 Å². The summed E-state index contributed by atoms with van der Waals surface area (Å²) in [5.74, 6) is -1.63. The fourth-order valence-electron chi connectivity index (χ4n) is 2.67. The molecule has 0 unspecified atom stereocenters. The Morgan fingerprint density at radius 3 is 1.82 bits per heavy atom. The van der Waals surface area contributed by atoms with Gasteiger partial charge in [0.2, 0.25) is 5.54 Å². The molecule has 1 saturated heterocycles. The zero-order valence-corrected chi connectivity index (χ0v) is 10.4. The van der Waals surface area contributed by atoms with E-state index in [1.54, 1.807) is 5.32 Å². The van der Waals surface area contributed by atoms with E-state index in [1.165, 1.54) is 0 Å². The zero-order valence-electron chi connectivity index (χ0n) is 8.04. The molecule has 0 radical (unpaired) electrons. The summed E-state index contributed by atoms with van der Waals surface area (Å²) in [5, 5.41) is 0.934. The van der Waals surface area contributed by atoms with Crippen LogP contribution in [0, 0.1) is 5.92 Å². The van der Waals surface area contributed by atoms with Crippen molar-refractivity contribution in [3.63, 3.8) is 0 Å². The average molecular weight is 346 g/mol. The molecule has 4 atom stereocenters. The summed E-state index contributed by atoms with van der Waals surface area (Å²) in [5.41, 5.74) is -3.84. The van der Waals surface area contributed by atoms with Crippen LogP contribution in [0.1, 0.15) is 6.42 Å². The molecule has 2 fully saturated rings. The van der Waals surface area contributed by atoms with Crippen molar-refractivity contribution < 1.29 is 26.3 Å². The second-order valence-electron chi connectivity index (χ2n) is 4.28. The number of fused-ring (bicyclic) bond motifs is 2. The zero-order chi connectivity index (χ0) is 13.2. The molecule has 100 valence electrons. The Bertz CT molecular complexity index is 315. The molecule has 1 saturated carbocycles. The highest BCUT2D eigenvalue weighted by Gasteiger charge is 2.81. The van der Waals surface area contributed by atoms with Crippen LogP contribution in [0.4, 0.5) is 26.3 Å². The van der Waals surface area contributed by atoms with E-state index >= 15 is 0 Å². The van der Waals surface area contributed by atoms with Gasteiger partial charge in [0, 0.05) is 16.8 Å². The van der Waals surface area contributed by atoms with E-state index in [4.69, 9.17) is 11.6 Å². The van der Waals surface area contributed by atoms with Crippen molar-refractivity contribution in [1.29, 1.82) is 0 Å². The van der Waals surface area contributed by atoms with Gasteiger partial charge in [-0.2, -0.15) is 26.3 Å². The largest absolute Gasteiger partial charge is 0.415 e. The lowest BCUT2D eigenvalue weighted by molar-refractivity contribution is -0.318. The third-order valence-corrected chi connectivity index (χ3v) is 5.10. The van der Waals surface area contributed by atoms with Crippen LogP contribution in [0.2, 0.25) is 0 Å². The van der Waals surface area contributed by atoms with Gasteiger partial charge in [-0.15, -0.1) is 11.6 Å². The molecule has 1 N–H and O–H groups in total. The number of rotatable bonds is 0. The summed E-state index contributed by atoms with van der Waals surface area (Å²) in [6, 6.07) is -1.02. The van der Waals surface area contributed by atoms with Gasteiger partial charge in [0.15, 0.2) is 0 Å². The lowest BCUT2D eigenvalue weighted by Gasteiger charge is -2.41. The van der Waals surface area contributed by atoms with Crippen LogP contribution in [0.3, 0.4) is 0 Å². The standard InChI is InChI=1S/C8H7BrClF6N/c9-4-2-1-3(10)5(4)17-6(2,7(11,12)13)8(14,15)16/h2-5,17H,1H2/t2-,3+,4+,5+/m1/s1. The molecule has 0 aromatic heterocycles. The maximum Gasteiger partial charge on any atom is 0.415 e. The van der Waals surface area contributed by atoms with E-state index in [-0.39, 0.29) is 6.42 Å². The smallest absolute Gasteiger partial charge is 0.290 e. The van der Waals surface area contributed by atoms with E-state index in [9.17, 15) is 26.3 Å². The molecule has 0 spiro atoms. The minimum atomic E-state index is -5.40. The fraction of sp³-hybridized carbons (Fsp3) is 1.00. The van der Waals surface area contributed by atoms with Gasteiger partial charge in [-0.05, 0) is 6.42 Å². The van der Waals surface area contributed by atoms with E-state index in [1.807, 2.05) is 0 Å². The number of halogens is 8. The summed E-state index contributed by atoms with van der Waals surface area (Å²) in [6.07, 6.45) is -11.1. The Kier molecular flexibility index (Phi) is 2.96. The van der Waals surface area contributed by atoms with E-state index in [0.29, 0.717) is 0 Å². The van der Waals surface area contributed by atoms with Crippen LogP contribution in [0.25, 0.3) is 0 Å². The number of hydrogen-bond donors (Lipinski definition) is 1. The molecule has 17 heavy (non-hydrogen) atoms. The van der Waals surface area contributed by atoms with Gasteiger partial charge in [0.1, 0.15) is 0 Å². The number of alkyl halides is 8. The first-order valence-electron chi connectivity index (χ1n) is 4.71. The molecule has 0 aromatic carbocycles. The van der Waals surface area contributed by atoms with Gasteiger partial charge in [0.05, 0.1) is 5.38 Å². The van der Waals surface area contributed by atoms with E-state index < -0.39 is 40.1 Å². The monoisotopic (exact) mass is 345 g/mol. The average Bonchev–Trinajstić information content (AvgIpc) is 2.53. The lowest BCUT2D eigenvalue weighted by Crippen LogP contribution is -2.70. The van der Waals surface area contributed by atoms with Crippen LogP contribution < -0.4 is 5.32 Å². The van der Waals surface area contributed by atoms with Crippen molar-refractivity contribution in [1.82, 2.24) is 5.32 Å². The molecule has 0 amide bonds. The van der Waals surface area contributed by atoms with Gasteiger partial charge in [-0.1, -0.05) is 15.9 Å². The van der Waals surface area contributed by atoms with E-state index in [2.05, 4.69) is 15.9 Å². The molecule has 1 heterocycles. The van der Waals surface area contributed by atoms with Crippen molar-refractivity contribution >= 4 is 27.5 Å². The Morgan fingerprint density at radius 1 is 1.12 bits per heavy atom. The van der Waals surface area contributed by atoms with Crippen LogP contribution >= 0.6 is 27.5 Å². The highest BCUT2D eigenvalue weighted by molar-refractivity contribution is 9.09. The summed E-state index contributed by atoms with van der Waals surface area (Å²) in [6.45, 7) is 0. The van der Waals surface area contributed by atoms with Crippen molar-refractivity contribution in [2.45, 2.75) is 40.6 Å². The second kappa shape index (κ2) is 3.66. The number of piperidine rings is 1. The maximum atomic E-state index is 12.8. The lowest BCUT2D eigenvalue weighted by atomic mass is 9.82. The second-order valence-corrected chi connectivity index (χ2v) is 5.89. The van der Waals surface area contributed by atoms with Gasteiger partial charge >= 0.3 is 12.4 Å². The molecule has 0 aromatic rings. The van der Waals surface area contributed by atoms with Crippen molar-refractivity contribution in [3.8, 4) is 0 Å². The van der Waals surface area contributed by atoms with Crippen LogP contribution in [0.15, 0.2) is 0 Å². The molecular formula is C8H7BrClF6N. The Balaban J connectivity index is 2.48. The predicted molar refractivity (Wildman–Crippen MR) is 52.2 cm³/mol. The van der Waals surface area contributed by atoms with Gasteiger partial charge in [-0.3, -0.25) is 5.32 Å². The first-order valence-corrected chi connectivity index (χ1v) is 6.07. The van der Waals surface area contributed by atoms with Crippen LogP contribution in [0.5, 0.6) is 0 Å². The van der Waals surface area contributed by atoms with Crippen LogP contribution in [-0.4, -0.2) is 34.1 Å². The molecule has 1 aliphatic heterocycles. The molecule has 9 heteroatoms. The topological polar surface area (TPSA) is 12.0 Å². The third-order valence-electron chi connectivity index (χ3n) is 3.44. The minimum Gasteiger partial charge on any atom is -0.290 e. The van der Waals surface area contributed by atoms with Crippen molar-refractivity contribution in [2.24, 2.45) is 5.92 Å². The number of nitrogens with one attached hydrogen (secondary N) is 1. The highest BCUT2D eigenvalue weighted by Crippen LogP contribution is 2.59. The first-order chi connectivity index (χ1) is 7.52. The van der Waals surface area contributed by atoms with Gasteiger partial charge in [0.25, 0.3) is 0 Å². The first kappa shape index (κ1) is 13.7. The molecule has 2 rings (SSSR count). The molecule has 2 bridgehead atoms. The summed E-state index contributed by atoms with van der Waals surface area (Å²) in [7, 11) is 0. The van der Waals surface area contributed by atoms with Crippen molar-refractivity contribution in [3.05, 3.63) is 0 Å². The van der Waals surface area contributed by atoms with Gasteiger partial charge < -0.3 is 0 Å². The Labute approximate surface area is 106 Å². The summed E-state index contributed by atoms with van der Waals surface area (Å²) < 4.78 is 76.9. The summed E-state index contributed by atoms with van der Waals surface area (Å²) in [4.78, 5) is -0.923. The van der Waals surface area contributed by atoms with Crippen molar-refractivity contribution in [2.75, 3.05) is 0 Å². The SMILES string of the molecule is FC(F)(F)C1(C(F)(F)F)N[C@@H]2[C@@H](Br)[C@H]1C[C@@H]2Cl. The molecule has 1 nitrogen and oxygen atoms in total. The highest BCUT2D eigenvalue weighted by atomic mass is 79.9. The van der Waals surface area contributed by atoms with E-state index in [0.717, 1.165) is 0 Å². The quantitative estimate of drug-likeness (QED) is 0.525. The molecule has 1 aliphatic carbocycles. The Hall–Kier alpha value is 0.310. The maximum absolute atomic E-state index is 12.8. The molecular weight excluding hydrogens is 339 g/mol. The predicted octanol–water partition coefficient (Wildman–Crippen LogP) is 3.21. The normalized spacial score (nSPS) is 40.9. The molecule has 2 aliphatic rings.